The van der Waals surface area contributed by atoms with Gasteiger partial charge in [0.1, 0.15) is 0 Å². The third-order valence-electron chi connectivity index (χ3n) is 3.83. The summed E-state index contributed by atoms with van der Waals surface area (Å²) in [6.07, 6.45) is 7.46. The number of H-pyrrole nitrogens is 1. The number of amides is 2. The Hall–Kier alpha value is -2.31. The fourth-order valence-electron chi connectivity index (χ4n) is 2.82. The highest BCUT2D eigenvalue weighted by atomic mass is 16.2. The SMILES string of the molecule is CCc1nn(C)cc1NC(=O)N[C@@H]1CCCc2cn[nH]c21. The predicted molar refractivity (Wildman–Crippen MR) is 79.0 cm³/mol. The minimum Gasteiger partial charge on any atom is -0.330 e. The van der Waals surface area contributed by atoms with Crippen molar-refractivity contribution in [3.63, 3.8) is 0 Å². The molecule has 0 aliphatic heterocycles. The van der Waals surface area contributed by atoms with Crippen molar-refractivity contribution >= 4 is 11.7 Å². The Morgan fingerprint density at radius 2 is 2.43 bits per heavy atom. The van der Waals surface area contributed by atoms with Crippen LogP contribution in [0.3, 0.4) is 0 Å². The molecule has 112 valence electrons. The van der Waals surface area contributed by atoms with Gasteiger partial charge in [-0.1, -0.05) is 6.92 Å². The smallest absolute Gasteiger partial charge is 0.319 e. The van der Waals surface area contributed by atoms with Gasteiger partial charge in [0.25, 0.3) is 0 Å². The van der Waals surface area contributed by atoms with E-state index in [1.54, 1.807) is 4.68 Å². The van der Waals surface area contributed by atoms with Crippen LogP contribution in [0.1, 0.15) is 42.8 Å². The van der Waals surface area contributed by atoms with Crippen molar-refractivity contribution in [2.24, 2.45) is 7.05 Å². The van der Waals surface area contributed by atoms with Gasteiger partial charge in [-0.2, -0.15) is 10.2 Å². The molecular formula is C14H20N6O. The summed E-state index contributed by atoms with van der Waals surface area (Å²) in [5.74, 6) is 0. The standard InChI is InChI=1S/C14H20N6O/c1-3-10-12(8-20(2)19-10)17-14(21)16-11-6-4-5-9-7-15-18-13(9)11/h7-8,11H,3-6H2,1-2H3,(H,15,18)(H2,16,17,21)/t11-/m1/s1. The van der Waals surface area contributed by atoms with Gasteiger partial charge in [0, 0.05) is 13.2 Å². The molecule has 21 heavy (non-hydrogen) atoms. The van der Waals surface area contributed by atoms with Crippen LogP contribution < -0.4 is 10.6 Å². The van der Waals surface area contributed by atoms with Crippen LogP contribution in [-0.4, -0.2) is 26.0 Å². The van der Waals surface area contributed by atoms with Crippen molar-refractivity contribution < 1.29 is 4.79 Å². The summed E-state index contributed by atoms with van der Waals surface area (Å²) in [5.41, 5.74) is 3.87. The lowest BCUT2D eigenvalue weighted by Gasteiger charge is -2.22. The van der Waals surface area contributed by atoms with Crippen molar-refractivity contribution in [3.05, 3.63) is 29.3 Å². The maximum atomic E-state index is 12.2. The molecule has 2 aromatic heterocycles. The molecule has 0 aromatic carbocycles. The summed E-state index contributed by atoms with van der Waals surface area (Å²) in [7, 11) is 1.85. The maximum absolute atomic E-state index is 12.2. The zero-order valence-electron chi connectivity index (χ0n) is 12.3. The van der Waals surface area contributed by atoms with Crippen LogP contribution in [0.2, 0.25) is 0 Å². The number of aromatic nitrogens is 4. The number of anilines is 1. The first-order valence-electron chi connectivity index (χ1n) is 7.29. The van der Waals surface area contributed by atoms with Crippen LogP contribution in [0, 0.1) is 0 Å². The summed E-state index contributed by atoms with van der Waals surface area (Å²) < 4.78 is 1.71. The topological polar surface area (TPSA) is 87.6 Å². The minimum atomic E-state index is -0.204. The molecule has 1 atom stereocenters. The van der Waals surface area contributed by atoms with E-state index >= 15 is 0 Å². The Morgan fingerprint density at radius 1 is 1.57 bits per heavy atom. The second-order valence-electron chi connectivity index (χ2n) is 5.37. The van der Waals surface area contributed by atoms with Gasteiger partial charge in [-0.15, -0.1) is 0 Å². The average Bonchev–Trinajstić information content (AvgIpc) is 3.05. The molecule has 0 radical (unpaired) electrons. The number of urea groups is 1. The molecule has 0 spiro atoms. The Bertz CT molecular complexity index is 644. The summed E-state index contributed by atoms with van der Waals surface area (Å²) in [6, 6.07) is -0.205. The lowest BCUT2D eigenvalue weighted by Crippen LogP contribution is -2.34. The Labute approximate surface area is 123 Å². The number of carbonyl (C=O) groups excluding carboxylic acids is 1. The van der Waals surface area contributed by atoms with E-state index in [4.69, 9.17) is 0 Å². The zero-order chi connectivity index (χ0) is 14.8. The van der Waals surface area contributed by atoms with Crippen molar-refractivity contribution in [1.29, 1.82) is 0 Å². The fourth-order valence-corrected chi connectivity index (χ4v) is 2.82. The molecule has 2 heterocycles. The highest BCUT2D eigenvalue weighted by Gasteiger charge is 2.23. The van der Waals surface area contributed by atoms with E-state index in [1.807, 2.05) is 26.4 Å². The van der Waals surface area contributed by atoms with Gasteiger partial charge in [-0.3, -0.25) is 9.78 Å². The number of aryl methyl sites for hydroxylation is 3. The van der Waals surface area contributed by atoms with Crippen LogP contribution in [0.4, 0.5) is 10.5 Å². The third kappa shape index (κ3) is 2.76. The van der Waals surface area contributed by atoms with Crippen molar-refractivity contribution in [2.45, 2.75) is 38.6 Å². The van der Waals surface area contributed by atoms with Gasteiger partial charge < -0.3 is 10.6 Å². The molecule has 0 saturated carbocycles. The monoisotopic (exact) mass is 288 g/mol. The van der Waals surface area contributed by atoms with E-state index in [2.05, 4.69) is 25.9 Å². The minimum absolute atomic E-state index is 0.00185. The molecule has 1 aliphatic carbocycles. The van der Waals surface area contributed by atoms with Crippen LogP contribution >= 0.6 is 0 Å². The molecule has 7 heteroatoms. The number of hydrogen-bond donors (Lipinski definition) is 3. The van der Waals surface area contributed by atoms with Crippen molar-refractivity contribution in [2.75, 3.05) is 5.32 Å². The van der Waals surface area contributed by atoms with E-state index in [1.165, 1.54) is 5.56 Å². The average molecular weight is 288 g/mol. The first-order chi connectivity index (χ1) is 10.2. The van der Waals surface area contributed by atoms with E-state index in [0.29, 0.717) is 0 Å². The summed E-state index contributed by atoms with van der Waals surface area (Å²) in [5, 5.41) is 17.3. The number of aromatic amines is 1. The highest BCUT2D eigenvalue weighted by Crippen LogP contribution is 2.27. The second-order valence-corrected chi connectivity index (χ2v) is 5.37. The molecule has 0 saturated heterocycles. The number of nitrogens with zero attached hydrogens (tertiary/aromatic N) is 3. The number of carbonyl (C=O) groups is 1. The van der Waals surface area contributed by atoms with Crippen LogP contribution in [0.25, 0.3) is 0 Å². The van der Waals surface area contributed by atoms with E-state index < -0.39 is 0 Å². The molecule has 0 unspecified atom stereocenters. The molecule has 2 aromatic rings. The van der Waals surface area contributed by atoms with Gasteiger partial charge in [0.15, 0.2) is 0 Å². The first kappa shape index (κ1) is 13.7. The zero-order valence-corrected chi connectivity index (χ0v) is 12.3. The first-order valence-corrected chi connectivity index (χ1v) is 7.29. The Morgan fingerprint density at radius 3 is 3.24 bits per heavy atom. The summed E-state index contributed by atoms with van der Waals surface area (Å²) in [6.45, 7) is 2.02. The van der Waals surface area contributed by atoms with Gasteiger partial charge in [0.05, 0.1) is 29.3 Å². The van der Waals surface area contributed by atoms with Crippen molar-refractivity contribution in [1.82, 2.24) is 25.3 Å². The predicted octanol–water partition coefficient (Wildman–Crippen LogP) is 1.90. The summed E-state index contributed by atoms with van der Waals surface area (Å²) in [4.78, 5) is 12.2. The molecule has 0 bridgehead atoms. The Balaban J connectivity index is 1.68. The maximum Gasteiger partial charge on any atom is 0.319 e. The molecule has 0 fully saturated rings. The number of hydrogen-bond acceptors (Lipinski definition) is 3. The quantitative estimate of drug-likeness (QED) is 0.806. The summed E-state index contributed by atoms with van der Waals surface area (Å²) >= 11 is 0. The van der Waals surface area contributed by atoms with Gasteiger partial charge >= 0.3 is 6.03 Å². The van der Waals surface area contributed by atoms with E-state index in [0.717, 1.165) is 42.8 Å². The van der Waals surface area contributed by atoms with Crippen LogP contribution in [0.5, 0.6) is 0 Å². The number of nitrogens with one attached hydrogen (secondary N) is 3. The lowest BCUT2D eigenvalue weighted by atomic mass is 9.94. The molecule has 3 rings (SSSR count). The molecule has 3 N–H and O–H groups in total. The molecule has 7 nitrogen and oxygen atoms in total. The van der Waals surface area contributed by atoms with Crippen molar-refractivity contribution in [3.8, 4) is 0 Å². The largest absolute Gasteiger partial charge is 0.330 e. The fraction of sp³-hybridized carbons (Fsp3) is 0.500. The Kier molecular flexibility index (Phi) is 3.64. The van der Waals surface area contributed by atoms with Gasteiger partial charge in [-0.25, -0.2) is 4.79 Å². The van der Waals surface area contributed by atoms with Crippen LogP contribution in [0.15, 0.2) is 12.4 Å². The molecule has 2 amide bonds. The molecular weight excluding hydrogens is 268 g/mol. The normalized spacial score (nSPS) is 17.3. The lowest BCUT2D eigenvalue weighted by molar-refractivity contribution is 0.246. The van der Waals surface area contributed by atoms with Crippen LogP contribution in [-0.2, 0) is 19.9 Å². The van der Waals surface area contributed by atoms with E-state index in [9.17, 15) is 4.79 Å². The van der Waals surface area contributed by atoms with Gasteiger partial charge in [-0.05, 0) is 31.2 Å². The second kappa shape index (κ2) is 5.59. The number of fused-ring (bicyclic) bond motifs is 1. The molecule has 1 aliphatic rings. The highest BCUT2D eigenvalue weighted by molar-refractivity contribution is 5.90. The van der Waals surface area contributed by atoms with Gasteiger partial charge in [0.2, 0.25) is 0 Å². The van der Waals surface area contributed by atoms with E-state index in [-0.39, 0.29) is 12.1 Å². The number of rotatable bonds is 3. The third-order valence-corrected chi connectivity index (χ3v) is 3.83.